The van der Waals surface area contributed by atoms with Gasteiger partial charge in [-0.3, -0.25) is 0 Å². The summed E-state index contributed by atoms with van der Waals surface area (Å²) in [5.74, 6) is 0.935. The van der Waals surface area contributed by atoms with E-state index in [-0.39, 0.29) is 15.9 Å². The SMILES string of the molecule is CCC1CCC(NS(=O)(=O)c2ccccc2C(N)=S)C1C. The summed E-state index contributed by atoms with van der Waals surface area (Å²) in [7, 11) is -3.60. The van der Waals surface area contributed by atoms with Gasteiger partial charge < -0.3 is 5.73 Å². The smallest absolute Gasteiger partial charge is 0.241 e. The van der Waals surface area contributed by atoms with Crippen molar-refractivity contribution in [3.8, 4) is 0 Å². The van der Waals surface area contributed by atoms with Crippen LogP contribution in [0, 0.1) is 11.8 Å². The number of nitrogens with one attached hydrogen (secondary N) is 1. The van der Waals surface area contributed by atoms with Crippen molar-refractivity contribution in [1.82, 2.24) is 4.72 Å². The molecule has 0 aliphatic heterocycles. The van der Waals surface area contributed by atoms with Gasteiger partial charge >= 0.3 is 0 Å². The zero-order valence-electron chi connectivity index (χ0n) is 12.4. The van der Waals surface area contributed by atoms with E-state index < -0.39 is 10.0 Å². The average molecular weight is 326 g/mol. The molecule has 1 aliphatic carbocycles. The second-order valence-corrected chi connectivity index (χ2v) is 7.82. The van der Waals surface area contributed by atoms with Crippen LogP contribution in [0.15, 0.2) is 29.2 Å². The first-order valence-electron chi connectivity index (χ1n) is 7.28. The number of hydrogen-bond acceptors (Lipinski definition) is 3. The molecule has 21 heavy (non-hydrogen) atoms. The largest absolute Gasteiger partial charge is 0.389 e. The maximum atomic E-state index is 12.6. The monoisotopic (exact) mass is 326 g/mol. The lowest BCUT2D eigenvalue weighted by Gasteiger charge is -2.21. The second kappa shape index (κ2) is 6.42. The highest BCUT2D eigenvalue weighted by Crippen LogP contribution is 2.34. The van der Waals surface area contributed by atoms with Crippen LogP contribution in [0.3, 0.4) is 0 Å². The van der Waals surface area contributed by atoms with Gasteiger partial charge in [0.1, 0.15) is 4.99 Å². The molecule has 0 aromatic heterocycles. The van der Waals surface area contributed by atoms with E-state index in [9.17, 15) is 8.42 Å². The molecule has 6 heteroatoms. The van der Waals surface area contributed by atoms with Crippen LogP contribution in [0.1, 0.15) is 38.7 Å². The van der Waals surface area contributed by atoms with Gasteiger partial charge in [0.15, 0.2) is 0 Å². The van der Waals surface area contributed by atoms with Crippen LogP contribution in [-0.2, 0) is 10.0 Å². The maximum absolute atomic E-state index is 12.6. The van der Waals surface area contributed by atoms with Gasteiger partial charge in [-0.1, -0.05) is 50.7 Å². The van der Waals surface area contributed by atoms with Crippen molar-refractivity contribution >= 4 is 27.2 Å². The third-order valence-corrected chi connectivity index (χ3v) is 6.27. The molecule has 1 aromatic rings. The highest BCUT2D eigenvalue weighted by Gasteiger charge is 2.35. The first-order chi connectivity index (χ1) is 9.86. The lowest BCUT2D eigenvalue weighted by atomic mass is 9.94. The molecule has 1 aliphatic rings. The van der Waals surface area contributed by atoms with Crippen molar-refractivity contribution in [3.63, 3.8) is 0 Å². The Balaban J connectivity index is 2.26. The quantitative estimate of drug-likeness (QED) is 0.815. The van der Waals surface area contributed by atoms with Gasteiger partial charge in [0.25, 0.3) is 0 Å². The minimum absolute atomic E-state index is 0.0145. The Labute approximate surface area is 132 Å². The van der Waals surface area contributed by atoms with Crippen molar-refractivity contribution < 1.29 is 8.42 Å². The number of benzene rings is 1. The molecule has 0 amide bonds. The van der Waals surface area contributed by atoms with E-state index in [0.29, 0.717) is 17.4 Å². The van der Waals surface area contributed by atoms with Gasteiger partial charge in [0.2, 0.25) is 10.0 Å². The molecular formula is C15H22N2O2S2. The fourth-order valence-corrected chi connectivity index (χ4v) is 4.98. The zero-order valence-corrected chi connectivity index (χ0v) is 14.0. The molecule has 1 aromatic carbocycles. The molecule has 116 valence electrons. The standard InChI is InChI=1S/C15H22N2O2S2/c1-3-11-8-9-13(10(11)2)17-21(18,19)14-7-5-4-6-12(14)15(16)20/h4-7,10-11,13,17H,3,8-9H2,1-2H3,(H2,16,20). The highest BCUT2D eigenvalue weighted by molar-refractivity contribution is 7.89. The first kappa shape index (κ1) is 16.4. The van der Waals surface area contributed by atoms with Crippen molar-refractivity contribution in [2.45, 2.75) is 44.0 Å². The molecular weight excluding hydrogens is 304 g/mol. The van der Waals surface area contributed by atoms with Crippen molar-refractivity contribution in [1.29, 1.82) is 0 Å². The Hall–Kier alpha value is -0.980. The summed E-state index contributed by atoms with van der Waals surface area (Å²) in [5.41, 5.74) is 6.03. The number of thiocarbonyl (C=S) groups is 1. The topological polar surface area (TPSA) is 72.2 Å². The number of rotatable bonds is 5. The maximum Gasteiger partial charge on any atom is 0.241 e. The van der Waals surface area contributed by atoms with E-state index in [1.807, 2.05) is 0 Å². The van der Waals surface area contributed by atoms with Gasteiger partial charge in [-0.25, -0.2) is 13.1 Å². The number of hydrogen-bond donors (Lipinski definition) is 2. The minimum atomic E-state index is -3.60. The van der Waals surface area contributed by atoms with E-state index in [2.05, 4.69) is 18.6 Å². The van der Waals surface area contributed by atoms with Crippen LogP contribution in [-0.4, -0.2) is 19.4 Å². The van der Waals surface area contributed by atoms with Gasteiger partial charge in [-0.2, -0.15) is 0 Å². The van der Waals surface area contributed by atoms with Gasteiger partial charge in [-0.15, -0.1) is 0 Å². The average Bonchev–Trinajstić information content (AvgIpc) is 2.79. The molecule has 0 bridgehead atoms. The van der Waals surface area contributed by atoms with E-state index in [1.165, 1.54) is 0 Å². The van der Waals surface area contributed by atoms with Crippen LogP contribution < -0.4 is 10.5 Å². The summed E-state index contributed by atoms with van der Waals surface area (Å²) < 4.78 is 28.1. The third-order valence-electron chi connectivity index (χ3n) is 4.50. The van der Waals surface area contributed by atoms with E-state index in [1.54, 1.807) is 24.3 Å². The Morgan fingerprint density at radius 2 is 2.05 bits per heavy atom. The van der Waals surface area contributed by atoms with Crippen LogP contribution in [0.25, 0.3) is 0 Å². The molecule has 3 unspecified atom stereocenters. The van der Waals surface area contributed by atoms with E-state index in [0.717, 1.165) is 19.3 Å². The lowest BCUT2D eigenvalue weighted by Crippen LogP contribution is -2.38. The van der Waals surface area contributed by atoms with Crippen molar-refractivity contribution in [2.75, 3.05) is 0 Å². The molecule has 0 spiro atoms. The number of nitrogens with two attached hydrogens (primary N) is 1. The normalized spacial score (nSPS) is 25.9. The van der Waals surface area contributed by atoms with E-state index in [4.69, 9.17) is 18.0 Å². The van der Waals surface area contributed by atoms with Crippen LogP contribution >= 0.6 is 12.2 Å². The number of sulfonamides is 1. The predicted octanol–water partition coefficient (Wildman–Crippen LogP) is 2.42. The molecule has 0 radical (unpaired) electrons. The molecule has 1 fully saturated rings. The molecule has 3 atom stereocenters. The van der Waals surface area contributed by atoms with Crippen molar-refractivity contribution in [2.24, 2.45) is 17.6 Å². The second-order valence-electron chi connectivity index (χ2n) is 5.69. The molecule has 2 rings (SSSR count). The van der Waals surface area contributed by atoms with Crippen LogP contribution in [0.2, 0.25) is 0 Å². The fraction of sp³-hybridized carbons (Fsp3) is 0.533. The molecule has 0 saturated heterocycles. The van der Waals surface area contributed by atoms with Crippen LogP contribution in [0.5, 0.6) is 0 Å². The summed E-state index contributed by atoms with van der Waals surface area (Å²) >= 11 is 4.95. The first-order valence-corrected chi connectivity index (χ1v) is 9.17. The van der Waals surface area contributed by atoms with Gasteiger partial charge in [0, 0.05) is 11.6 Å². The molecule has 3 N–H and O–H groups in total. The molecule has 1 saturated carbocycles. The van der Waals surface area contributed by atoms with Gasteiger partial charge in [-0.05, 0) is 30.7 Å². The Kier molecular flexibility index (Phi) is 5.01. The zero-order chi connectivity index (χ0) is 15.6. The fourth-order valence-electron chi connectivity index (χ4n) is 3.16. The highest BCUT2D eigenvalue weighted by atomic mass is 32.2. The third kappa shape index (κ3) is 3.44. The molecule has 0 heterocycles. The van der Waals surface area contributed by atoms with Gasteiger partial charge in [0.05, 0.1) is 4.90 Å². The summed E-state index contributed by atoms with van der Waals surface area (Å²) in [5, 5.41) is 0. The summed E-state index contributed by atoms with van der Waals surface area (Å²) in [6.45, 7) is 4.27. The summed E-state index contributed by atoms with van der Waals surface area (Å²) in [6.07, 6.45) is 3.04. The Morgan fingerprint density at radius 1 is 1.38 bits per heavy atom. The molecule has 4 nitrogen and oxygen atoms in total. The Bertz CT molecular complexity index is 628. The minimum Gasteiger partial charge on any atom is -0.389 e. The van der Waals surface area contributed by atoms with Crippen molar-refractivity contribution in [3.05, 3.63) is 29.8 Å². The summed E-state index contributed by atoms with van der Waals surface area (Å²) in [6, 6.07) is 6.60. The van der Waals surface area contributed by atoms with Crippen LogP contribution in [0.4, 0.5) is 0 Å². The Morgan fingerprint density at radius 3 is 2.62 bits per heavy atom. The predicted molar refractivity (Wildman–Crippen MR) is 88.6 cm³/mol. The summed E-state index contributed by atoms with van der Waals surface area (Å²) in [4.78, 5) is 0.270. The lowest BCUT2D eigenvalue weighted by molar-refractivity contribution is 0.368. The van der Waals surface area contributed by atoms with E-state index >= 15 is 0 Å².